The minimum atomic E-state index is -0.618. The Morgan fingerprint density at radius 3 is 2.45 bits per heavy atom. The number of rotatable bonds is 5. The van der Waals surface area contributed by atoms with Crippen LogP contribution >= 0.6 is 12.2 Å². The standard InChI is InChI=1S/C22H18N6O4S/c1-13-10-17-18(26-27(25-17)15-6-4-3-5-7-15)12-16(13)23-22(33)24-21(29)14-8-9-20(32-2)19(11-14)28(30)31/h3-12H,1-2H3,(H2,23,24,29,33). The Hall–Kier alpha value is -4.38. The second kappa shape index (κ2) is 9.01. The van der Waals surface area contributed by atoms with Crippen LogP contribution in [0, 0.1) is 17.0 Å². The fourth-order valence-electron chi connectivity index (χ4n) is 3.18. The number of nitrogens with zero attached hydrogens (tertiary/aromatic N) is 4. The maximum Gasteiger partial charge on any atom is 0.311 e. The monoisotopic (exact) mass is 462 g/mol. The summed E-state index contributed by atoms with van der Waals surface area (Å²) in [6, 6.07) is 17.1. The second-order valence-electron chi connectivity index (χ2n) is 7.03. The number of para-hydroxylation sites is 1. The number of aryl methyl sites for hydroxylation is 1. The molecule has 1 aromatic heterocycles. The smallest absolute Gasteiger partial charge is 0.311 e. The van der Waals surface area contributed by atoms with Gasteiger partial charge in [-0.15, -0.1) is 10.2 Å². The van der Waals surface area contributed by atoms with E-state index < -0.39 is 10.8 Å². The highest BCUT2D eigenvalue weighted by Gasteiger charge is 2.19. The number of nitro benzene ring substituents is 1. The summed E-state index contributed by atoms with van der Waals surface area (Å²) in [6.07, 6.45) is 0. The van der Waals surface area contributed by atoms with Gasteiger partial charge in [-0.2, -0.15) is 4.80 Å². The Morgan fingerprint density at radius 1 is 1.09 bits per heavy atom. The van der Waals surface area contributed by atoms with E-state index in [1.807, 2.05) is 43.3 Å². The van der Waals surface area contributed by atoms with Crippen LogP contribution in [0.5, 0.6) is 5.75 Å². The van der Waals surface area contributed by atoms with Crippen molar-refractivity contribution in [3.8, 4) is 11.4 Å². The Morgan fingerprint density at radius 2 is 1.79 bits per heavy atom. The number of nitrogens with one attached hydrogen (secondary N) is 2. The van der Waals surface area contributed by atoms with Crippen molar-refractivity contribution in [2.75, 3.05) is 12.4 Å². The molecule has 4 aromatic rings. The number of carbonyl (C=O) groups excluding carboxylic acids is 1. The van der Waals surface area contributed by atoms with E-state index in [-0.39, 0.29) is 22.1 Å². The van der Waals surface area contributed by atoms with Crippen molar-refractivity contribution in [3.63, 3.8) is 0 Å². The molecule has 166 valence electrons. The normalized spacial score (nSPS) is 10.6. The van der Waals surface area contributed by atoms with E-state index >= 15 is 0 Å². The molecule has 0 saturated heterocycles. The number of methoxy groups -OCH3 is 1. The van der Waals surface area contributed by atoms with Crippen molar-refractivity contribution < 1.29 is 14.5 Å². The zero-order chi connectivity index (χ0) is 23.5. The van der Waals surface area contributed by atoms with Gasteiger partial charge in [0.25, 0.3) is 5.91 Å². The van der Waals surface area contributed by atoms with E-state index in [2.05, 4.69) is 20.8 Å². The number of nitro groups is 1. The number of ether oxygens (including phenoxy) is 1. The number of amides is 1. The molecule has 11 heteroatoms. The summed E-state index contributed by atoms with van der Waals surface area (Å²) in [7, 11) is 1.32. The molecule has 1 heterocycles. The number of anilines is 1. The van der Waals surface area contributed by atoms with E-state index in [1.165, 1.54) is 19.2 Å². The fourth-order valence-corrected chi connectivity index (χ4v) is 3.38. The van der Waals surface area contributed by atoms with E-state index in [0.717, 1.165) is 17.3 Å². The highest BCUT2D eigenvalue weighted by molar-refractivity contribution is 7.80. The van der Waals surface area contributed by atoms with Crippen LogP contribution < -0.4 is 15.4 Å². The lowest BCUT2D eigenvalue weighted by molar-refractivity contribution is -0.385. The molecule has 0 saturated carbocycles. The molecule has 0 bridgehead atoms. The molecule has 0 atom stereocenters. The Balaban J connectivity index is 1.52. The number of carbonyl (C=O) groups is 1. The molecule has 3 aromatic carbocycles. The van der Waals surface area contributed by atoms with E-state index in [1.54, 1.807) is 10.9 Å². The van der Waals surface area contributed by atoms with Crippen LogP contribution in [0.4, 0.5) is 11.4 Å². The first kappa shape index (κ1) is 21.8. The van der Waals surface area contributed by atoms with Gasteiger partial charge in [-0.1, -0.05) is 18.2 Å². The molecule has 33 heavy (non-hydrogen) atoms. The minimum Gasteiger partial charge on any atom is -0.490 e. The fraction of sp³-hybridized carbons (Fsp3) is 0.0909. The predicted octanol–water partition coefficient (Wildman–Crippen LogP) is 3.77. The van der Waals surface area contributed by atoms with Gasteiger partial charge in [0, 0.05) is 17.3 Å². The third kappa shape index (κ3) is 4.62. The van der Waals surface area contributed by atoms with Crippen LogP contribution in [0.25, 0.3) is 16.7 Å². The van der Waals surface area contributed by atoms with Crippen molar-refractivity contribution in [1.29, 1.82) is 0 Å². The average molecular weight is 462 g/mol. The van der Waals surface area contributed by atoms with Crippen LogP contribution in [-0.4, -0.2) is 38.0 Å². The molecule has 10 nitrogen and oxygen atoms in total. The molecule has 0 aliphatic carbocycles. The van der Waals surface area contributed by atoms with Gasteiger partial charge < -0.3 is 10.1 Å². The molecular weight excluding hydrogens is 444 g/mol. The largest absolute Gasteiger partial charge is 0.490 e. The molecule has 0 aliphatic heterocycles. The third-order valence-electron chi connectivity index (χ3n) is 4.83. The van der Waals surface area contributed by atoms with Crippen molar-refractivity contribution in [3.05, 3.63) is 81.9 Å². The highest BCUT2D eigenvalue weighted by atomic mass is 32.1. The van der Waals surface area contributed by atoms with Gasteiger partial charge in [0.15, 0.2) is 10.9 Å². The molecule has 0 radical (unpaired) electrons. The van der Waals surface area contributed by atoms with Crippen LogP contribution in [-0.2, 0) is 0 Å². The molecule has 1 amide bonds. The summed E-state index contributed by atoms with van der Waals surface area (Å²) < 4.78 is 4.96. The van der Waals surface area contributed by atoms with E-state index in [9.17, 15) is 14.9 Å². The van der Waals surface area contributed by atoms with Crippen LogP contribution in [0.2, 0.25) is 0 Å². The number of benzene rings is 3. The quantitative estimate of drug-likeness (QED) is 0.261. The molecule has 0 fully saturated rings. The zero-order valence-corrected chi connectivity index (χ0v) is 18.4. The average Bonchev–Trinajstić information content (AvgIpc) is 3.22. The van der Waals surface area contributed by atoms with Gasteiger partial charge in [0.1, 0.15) is 11.0 Å². The topological polar surface area (TPSA) is 124 Å². The van der Waals surface area contributed by atoms with E-state index in [0.29, 0.717) is 16.7 Å². The number of aromatic nitrogens is 3. The Labute approximate surface area is 193 Å². The van der Waals surface area contributed by atoms with Crippen molar-refractivity contribution in [2.24, 2.45) is 0 Å². The Kier molecular flexibility index (Phi) is 5.96. The van der Waals surface area contributed by atoms with Gasteiger partial charge >= 0.3 is 5.69 Å². The summed E-state index contributed by atoms with van der Waals surface area (Å²) in [4.78, 5) is 24.7. The van der Waals surface area contributed by atoms with Gasteiger partial charge in [-0.3, -0.25) is 20.2 Å². The maximum atomic E-state index is 12.5. The van der Waals surface area contributed by atoms with Crippen LogP contribution in [0.1, 0.15) is 15.9 Å². The third-order valence-corrected chi connectivity index (χ3v) is 5.03. The summed E-state index contributed by atoms with van der Waals surface area (Å²) in [6.45, 7) is 1.88. The van der Waals surface area contributed by atoms with Gasteiger partial charge in [0.2, 0.25) is 0 Å². The van der Waals surface area contributed by atoms with Gasteiger partial charge in [-0.05, 0) is 61.1 Å². The second-order valence-corrected chi connectivity index (χ2v) is 7.44. The van der Waals surface area contributed by atoms with Gasteiger partial charge in [0.05, 0.1) is 17.7 Å². The SMILES string of the molecule is COc1ccc(C(=O)NC(=S)Nc2cc3nn(-c4ccccc4)nc3cc2C)cc1[N+](=O)[O-]. The number of thiocarbonyl (C=S) groups is 1. The molecule has 0 spiro atoms. The van der Waals surface area contributed by atoms with Crippen molar-refractivity contribution in [1.82, 2.24) is 20.3 Å². The minimum absolute atomic E-state index is 0.0383. The van der Waals surface area contributed by atoms with Crippen molar-refractivity contribution in [2.45, 2.75) is 6.92 Å². The summed E-state index contributed by atoms with van der Waals surface area (Å²) in [5, 5.41) is 25.7. The highest BCUT2D eigenvalue weighted by Crippen LogP contribution is 2.27. The lowest BCUT2D eigenvalue weighted by Crippen LogP contribution is -2.34. The number of fused-ring (bicyclic) bond motifs is 1. The van der Waals surface area contributed by atoms with Crippen LogP contribution in [0.15, 0.2) is 60.7 Å². The lowest BCUT2D eigenvalue weighted by Gasteiger charge is -2.12. The first-order valence-electron chi connectivity index (χ1n) is 9.73. The molecule has 4 rings (SSSR count). The molecule has 0 unspecified atom stereocenters. The Bertz CT molecular complexity index is 1390. The molecule has 2 N–H and O–H groups in total. The lowest BCUT2D eigenvalue weighted by atomic mass is 10.1. The molecular formula is C22H18N6O4S. The van der Waals surface area contributed by atoms with Crippen molar-refractivity contribution >= 4 is 45.6 Å². The van der Waals surface area contributed by atoms with E-state index in [4.69, 9.17) is 17.0 Å². The number of hydrogen-bond acceptors (Lipinski definition) is 7. The first-order chi connectivity index (χ1) is 15.9. The first-order valence-corrected chi connectivity index (χ1v) is 10.1. The summed E-state index contributed by atoms with van der Waals surface area (Å²) in [5.74, 6) is -0.531. The van der Waals surface area contributed by atoms with Gasteiger partial charge in [-0.25, -0.2) is 0 Å². The maximum absolute atomic E-state index is 12.5. The predicted molar refractivity (Wildman–Crippen MR) is 127 cm³/mol. The molecule has 0 aliphatic rings. The van der Waals surface area contributed by atoms with Crippen LogP contribution in [0.3, 0.4) is 0 Å². The summed E-state index contributed by atoms with van der Waals surface area (Å²) >= 11 is 5.27. The number of hydrogen-bond donors (Lipinski definition) is 2. The summed E-state index contributed by atoms with van der Waals surface area (Å²) in [5.41, 5.74) is 3.44. The zero-order valence-electron chi connectivity index (χ0n) is 17.6.